The van der Waals surface area contributed by atoms with Crippen LogP contribution >= 0.6 is 11.3 Å². The fraction of sp³-hybridized carbons (Fsp3) is 0.467. The summed E-state index contributed by atoms with van der Waals surface area (Å²) in [6.07, 6.45) is 1.84. The van der Waals surface area contributed by atoms with E-state index < -0.39 is 0 Å². The zero-order valence-electron chi connectivity index (χ0n) is 12.9. The summed E-state index contributed by atoms with van der Waals surface area (Å²) in [4.78, 5) is 17.1. The number of urea groups is 1. The second-order valence-corrected chi connectivity index (χ2v) is 6.78. The van der Waals surface area contributed by atoms with Crippen LogP contribution in [0.1, 0.15) is 16.6 Å². The maximum atomic E-state index is 11.7. The average Bonchev–Trinajstić information content (AvgIpc) is 3.15. The molecule has 3 rings (SSSR count). The SMILES string of the molecule is CN(C)C(=O)NC[C@H]1CN(Cc2cccs2)Cc2ccnn21. The summed E-state index contributed by atoms with van der Waals surface area (Å²) in [6.45, 7) is 3.32. The summed E-state index contributed by atoms with van der Waals surface area (Å²) in [6, 6.07) is 6.41. The highest BCUT2D eigenvalue weighted by molar-refractivity contribution is 7.09. The number of fused-ring (bicyclic) bond motifs is 1. The molecule has 0 aromatic carbocycles. The van der Waals surface area contributed by atoms with Crippen molar-refractivity contribution in [3.8, 4) is 0 Å². The standard InChI is InChI=1S/C15H21N5OS/c1-18(2)15(21)16-8-13-10-19(11-14-4-3-7-22-14)9-12-5-6-17-20(12)13/h3-7,13H,8-11H2,1-2H3,(H,16,21)/t13-/m0/s1. The summed E-state index contributed by atoms with van der Waals surface area (Å²) >= 11 is 1.78. The molecule has 1 aliphatic rings. The number of thiophene rings is 1. The maximum absolute atomic E-state index is 11.7. The third kappa shape index (κ3) is 3.31. The van der Waals surface area contributed by atoms with E-state index >= 15 is 0 Å². The van der Waals surface area contributed by atoms with E-state index in [9.17, 15) is 4.79 Å². The van der Waals surface area contributed by atoms with Crippen molar-refractivity contribution in [3.05, 3.63) is 40.3 Å². The molecule has 0 bridgehead atoms. The molecule has 0 saturated carbocycles. The zero-order valence-corrected chi connectivity index (χ0v) is 13.7. The lowest BCUT2D eigenvalue weighted by Crippen LogP contribution is -2.44. The number of hydrogen-bond acceptors (Lipinski definition) is 4. The lowest BCUT2D eigenvalue weighted by atomic mass is 10.2. The number of nitrogens with zero attached hydrogens (tertiary/aromatic N) is 4. The van der Waals surface area contributed by atoms with Crippen molar-refractivity contribution in [2.24, 2.45) is 0 Å². The van der Waals surface area contributed by atoms with E-state index in [0.29, 0.717) is 6.54 Å². The summed E-state index contributed by atoms with van der Waals surface area (Å²) in [5.41, 5.74) is 1.20. The van der Waals surface area contributed by atoms with Gasteiger partial charge in [-0.25, -0.2) is 4.79 Å². The molecule has 1 atom stereocenters. The second-order valence-electron chi connectivity index (χ2n) is 5.75. The molecular formula is C15H21N5OS. The molecular weight excluding hydrogens is 298 g/mol. The van der Waals surface area contributed by atoms with E-state index in [1.54, 1.807) is 30.3 Å². The van der Waals surface area contributed by atoms with Crippen LogP contribution in [0.2, 0.25) is 0 Å². The molecule has 1 aliphatic heterocycles. The largest absolute Gasteiger partial charge is 0.336 e. The van der Waals surface area contributed by atoms with Gasteiger partial charge in [0.1, 0.15) is 0 Å². The van der Waals surface area contributed by atoms with E-state index in [1.807, 2.05) is 10.9 Å². The molecule has 2 aromatic rings. The fourth-order valence-corrected chi connectivity index (χ4v) is 3.47. The lowest BCUT2D eigenvalue weighted by Gasteiger charge is -2.33. The summed E-state index contributed by atoms with van der Waals surface area (Å²) in [5.74, 6) is 0. The van der Waals surface area contributed by atoms with Gasteiger partial charge in [-0.2, -0.15) is 5.10 Å². The Bertz CT molecular complexity index is 622. The van der Waals surface area contributed by atoms with Crippen LogP contribution in [0.3, 0.4) is 0 Å². The van der Waals surface area contributed by atoms with Crippen molar-refractivity contribution in [2.75, 3.05) is 27.2 Å². The van der Waals surface area contributed by atoms with Crippen molar-refractivity contribution in [1.29, 1.82) is 0 Å². The normalized spacial score (nSPS) is 18.0. The van der Waals surface area contributed by atoms with Gasteiger partial charge in [-0.15, -0.1) is 11.3 Å². The first-order valence-electron chi connectivity index (χ1n) is 7.36. The average molecular weight is 319 g/mol. The molecule has 0 fully saturated rings. The van der Waals surface area contributed by atoms with Gasteiger partial charge in [0.25, 0.3) is 0 Å². The Kier molecular flexibility index (Phi) is 4.44. The lowest BCUT2D eigenvalue weighted by molar-refractivity contribution is 0.163. The highest BCUT2D eigenvalue weighted by atomic mass is 32.1. The van der Waals surface area contributed by atoms with Gasteiger partial charge >= 0.3 is 6.03 Å². The molecule has 0 radical (unpaired) electrons. The monoisotopic (exact) mass is 319 g/mol. The highest BCUT2D eigenvalue weighted by Crippen LogP contribution is 2.22. The van der Waals surface area contributed by atoms with Gasteiger partial charge in [0.2, 0.25) is 0 Å². The molecule has 1 N–H and O–H groups in total. The van der Waals surface area contributed by atoms with Crippen molar-refractivity contribution in [2.45, 2.75) is 19.1 Å². The molecule has 0 unspecified atom stereocenters. The van der Waals surface area contributed by atoms with Crippen LogP contribution in [0.25, 0.3) is 0 Å². The summed E-state index contributed by atoms with van der Waals surface area (Å²) in [7, 11) is 3.50. The minimum absolute atomic E-state index is 0.0657. The minimum Gasteiger partial charge on any atom is -0.336 e. The Morgan fingerprint density at radius 3 is 3.09 bits per heavy atom. The molecule has 3 heterocycles. The molecule has 2 amide bonds. The fourth-order valence-electron chi connectivity index (χ4n) is 2.72. The van der Waals surface area contributed by atoms with Gasteiger partial charge in [0.05, 0.1) is 11.7 Å². The Hall–Kier alpha value is -1.86. The number of carbonyl (C=O) groups is 1. The first-order chi connectivity index (χ1) is 10.6. The van der Waals surface area contributed by atoms with Crippen molar-refractivity contribution in [3.63, 3.8) is 0 Å². The summed E-state index contributed by atoms with van der Waals surface area (Å²) in [5, 5.41) is 9.49. The predicted molar refractivity (Wildman–Crippen MR) is 86.8 cm³/mol. The first-order valence-corrected chi connectivity index (χ1v) is 8.23. The summed E-state index contributed by atoms with van der Waals surface area (Å²) < 4.78 is 2.04. The van der Waals surface area contributed by atoms with Crippen LogP contribution in [0.15, 0.2) is 29.8 Å². The number of rotatable bonds is 4. The van der Waals surface area contributed by atoms with Gasteiger partial charge in [-0.3, -0.25) is 9.58 Å². The number of amides is 2. The number of carbonyl (C=O) groups excluding carboxylic acids is 1. The number of aromatic nitrogens is 2. The van der Waals surface area contributed by atoms with Crippen LogP contribution < -0.4 is 5.32 Å². The Morgan fingerprint density at radius 2 is 2.36 bits per heavy atom. The first kappa shape index (κ1) is 15.1. The van der Waals surface area contributed by atoms with E-state index in [1.165, 1.54) is 10.6 Å². The molecule has 6 nitrogen and oxygen atoms in total. The van der Waals surface area contributed by atoms with Crippen molar-refractivity contribution in [1.82, 2.24) is 24.9 Å². The van der Waals surface area contributed by atoms with Crippen LogP contribution in [-0.2, 0) is 13.1 Å². The smallest absolute Gasteiger partial charge is 0.316 e. The molecule has 0 saturated heterocycles. The van der Waals surface area contributed by atoms with E-state index in [2.05, 4.69) is 38.9 Å². The van der Waals surface area contributed by atoms with E-state index in [4.69, 9.17) is 0 Å². The highest BCUT2D eigenvalue weighted by Gasteiger charge is 2.26. The zero-order chi connectivity index (χ0) is 15.5. The van der Waals surface area contributed by atoms with Crippen LogP contribution in [0.4, 0.5) is 4.79 Å². The molecule has 7 heteroatoms. The van der Waals surface area contributed by atoms with E-state index in [-0.39, 0.29) is 12.1 Å². The Labute approximate surface area is 134 Å². The van der Waals surface area contributed by atoms with Crippen LogP contribution in [-0.4, -0.2) is 52.8 Å². The van der Waals surface area contributed by atoms with Gasteiger partial charge in [-0.1, -0.05) is 6.07 Å². The number of hydrogen-bond donors (Lipinski definition) is 1. The molecule has 0 spiro atoms. The quantitative estimate of drug-likeness (QED) is 0.934. The maximum Gasteiger partial charge on any atom is 0.316 e. The second kappa shape index (κ2) is 6.50. The molecule has 2 aromatic heterocycles. The Morgan fingerprint density at radius 1 is 1.50 bits per heavy atom. The molecule has 0 aliphatic carbocycles. The third-order valence-corrected chi connectivity index (χ3v) is 4.67. The van der Waals surface area contributed by atoms with Gasteiger partial charge in [0.15, 0.2) is 0 Å². The minimum atomic E-state index is -0.0657. The van der Waals surface area contributed by atoms with E-state index in [0.717, 1.165) is 19.6 Å². The molecule has 118 valence electrons. The van der Waals surface area contributed by atoms with Gasteiger partial charge in [-0.05, 0) is 17.5 Å². The number of nitrogens with one attached hydrogen (secondary N) is 1. The topological polar surface area (TPSA) is 53.4 Å². The van der Waals surface area contributed by atoms with Crippen LogP contribution in [0, 0.1) is 0 Å². The van der Waals surface area contributed by atoms with Crippen LogP contribution in [0.5, 0.6) is 0 Å². The molecule has 22 heavy (non-hydrogen) atoms. The Balaban J connectivity index is 1.68. The van der Waals surface area contributed by atoms with Crippen molar-refractivity contribution < 1.29 is 4.79 Å². The van der Waals surface area contributed by atoms with Gasteiger partial charge in [0, 0.05) is 51.3 Å². The van der Waals surface area contributed by atoms with Crippen molar-refractivity contribution >= 4 is 17.4 Å². The predicted octanol–water partition coefficient (Wildman–Crippen LogP) is 1.77. The van der Waals surface area contributed by atoms with Gasteiger partial charge < -0.3 is 10.2 Å². The third-order valence-electron chi connectivity index (χ3n) is 3.81.